The van der Waals surface area contributed by atoms with Crippen LogP contribution in [0.4, 0.5) is 11.4 Å². The van der Waals surface area contributed by atoms with Crippen LogP contribution in [0.2, 0.25) is 10.3 Å². The maximum atomic E-state index is 10.2. The van der Waals surface area contributed by atoms with Crippen LogP contribution in [0.5, 0.6) is 0 Å². The highest BCUT2D eigenvalue weighted by Crippen LogP contribution is 2.30. The Kier molecular flexibility index (Phi) is 3.67. The molecule has 0 saturated heterocycles. The molecule has 0 spiro atoms. The van der Waals surface area contributed by atoms with Crippen molar-refractivity contribution >= 4 is 47.4 Å². The van der Waals surface area contributed by atoms with Crippen LogP contribution in [0.15, 0.2) is 6.07 Å². The molecule has 0 fully saturated rings. The van der Waals surface area contributed by atoms with E-state index in [9.17, 15) is 9.59 Å². The Hall–Kier alpha value is -1.33. The van der Waals surface area contributed by atoms with Gasteiger partial charge in [0.05, 0.1) is 5.69 Å². The summed E-state index contributed by atoms with van der Waals surface area (Å²) in [5.74, 6) is 0. The van der Waals surface area contributed by atoms with E-state index in [4.69, 9.17) is 23.2 Å². The molecule has 0 radical (unpaired) electrons. The number of nitrogens with zero attached hydrogens (tertiary/aromatic N) is 1. The first-order valence-corrected chi connectivity index (χ1v) is 4.21. The monoisotopic (exact) mass is 233 g/mol. The number of carbonyl (C=O) groups is 2. The van der Waals surface area contributed by atoms with Gasteiger partial charge in [-0.2, -0.15) is 0 Å². The number of rotatable bonds is 4. The summed E-state index contributed by atoms with van der Waals surface area (Å²) in [4.78, 5) is 24.1. The molecule has 0 aliphatic carbocycles. The molecule has 14 heavy (non-hydrogen) atoms. The second kappa shape index (κ2) is 4.78. The zero-order valence-electron chi connectivity index (χ0n) is 6.75. The van der Waals surface area contributed by atoms with Crippen molar-refractivity contribution in [1.82, 2.24) is 4.98 Å². The second-order valence-electron chi connectivity index (χ2n) is 2.18. The number of pyridine rings is 1. The fraction of sp³-hybridized carbons (Fsp3) is 0. The minimum absolute atomic E-state index is 0.00829. The second-order valence-corrected chi connectivity index (χ2v) is 2.93. The molecule has 74 valence electrons. The van der Waals surface area contributed by atoms with Crippen molar-refractivity contribution in [2.24, 2.45) is 0 Å². The lowest BCUT2D eigenvalue weighted by Crippen LogP contribution is -2.03. The van der Waals surface area contributed by atoms with Crippen LogP contribution in [-0.2, 0) is 9.59 Å². The molecular weight excluding hydrogens is 229 g/mol. The van der Waals surface area contributed by atoms with Crippen molar-refractivity contribution in [1.29, 1.82) is 0 Å². The van der Waals surface area contributed by atoms with Crippen molar-refractivity contribution in [2.45, 2.75) is 0 Å². The molecule has 5 nitrogen and oxygen atoms in total. The Balaban J connectivity index is 3.20. The Bertz CT molecular complexity index is 370. The predicted molar refractivity (Wildman–Crippen MR) is 53.6 cm³/mol. The third kappa shape index (κ3) is 2.34. The van der Waals surface area contributed by atoms with Crippen LogP contribution in [0.3, 0.4) is 0 Å². The zero-order chi connectivity index (χ0) is 10.6. The fourth-order valence-corrected chi connectivity index (χ4v) is 1.34. The largest absolute Gasteiger partial charge is 0.327 e. The van der Waals surface area contributed by atoms with Gasteiger partial charge < -0.3 is 10.6 Å². The molecule has 0 saturated carbocycles. The zero-order valence-corrected chi connectivity index (χ0v) is 8.26. The minimum atomic E-state index is 0.00829. The molecule has 1 heterocycles. The van der Waals surface area contributed by atoms with Crippen molar-refractivity contribution < 1.29 is 9.59 Å². The maximum absolute atomic E-state index is 10.2. The van der Waals surface area contributed by atoms with Gasteiger partial charge in [0.2, 0.25) is 12.8 Å². The van der Waals surface area contributed by atoms with Crippen LogP contribution >= 0.6 is 23.2 Å². The lowest BCUT2D eigenvalue weighted by molar-refractivity contribution is -0.106. The number of halogens is 2. The molecule has 2 amide bonds. The van der Waals surface area contributed by atoms with Crippen molar-refractivity contribution in [2.75, 3.05) is 10.6 Å². The molecule has 0 atom stereocenters. The molecule has 1 rings (SSSR count). The number of nitrogens with one attached hydrogen (secondary N) is 2. The number of anilines is 2. The third-order valence-corrected chi connectivity index (χ3v) is 1.83. The van der Waals surface area contributed by atoms with E-state index in [1.165, 1.54) is 6.07 Å². The van der Waals surface area contributed by atoms with E-state index in [1.807, 2.05) is 0 Å². The topological polar surface area (TPSA) is 71.1 Å². The molecule has 0 bridgehead atoms. The van der Waals surface area contributed by atoms with Crippen LogP contribution in [0.1, 0.15) is 0 Å². The first kappa shape index (κ1) is 10.7. The summed E-state index contributed by atoms with van der Waals surface area (Å²) in [5.41, 5.74) is 0.496. The first-order valence-electron chi connectivity index (χ1n) is 3.45. The van der Waals surface area contributed by atoms with Crippen LogP contribution in [0, 0.1) is 0 Å². The minimum Gasteiger partial charge on any atom is -0.327 e. The maximum Gasteiger partial charge on any atom is 0.211 e. The highest BCUT2D eigenvalue weighted by Gasteiger charge is 2.09. The third-order valence-electron chi connectivity index (χ3n) is 1.36. The van der Waals surface area contributed by atoms with E-state index in [-0.39, 0.29) is 21.7 Å². The van der Waals surface area contributed by atoms with Crippen molar-refractivity contribution in [3.05, 3.63) is 16.4 Å². The number of hydrogen-bond donors (Lipinski definition) is 2. The van der Waals surface area contributed by atoms with Crippen molar-refractivity contribution in [3.8, 4) is 0 Å². The molecule has 1 aromatic rings. The summed E-state index contributed by atoms with van der Waals surface area (Å²) in [6.07, 6.45) is 0.866. The summed E-state index contributed by atoms with van der Waals surface area (Å²) < 4.78 is 0. The lowest BCUT2D eigenvalue weighted by atomic mass is 10.3. The van der Waals surface area contributed by atoms with Crippen LogP contribution in [0.25, 0.3) is 0 Å². The summed E-state index contributed by atoms with van der Waals surface area (Å²) >= 11 is 11.3. The number of carbonyl (C=O) groups excluding carboxylic acids is 2. The Morgan fingerprint density at radius 2 is 1.86 bits per heavy atom. The standard InChI is InChI=1S/C7H5Cl2N3O2/c8-5-1-4(10-2-13)6(11-3-14)7(9)12-5/h1-3H,(H,11,14)(H,10,12,13). The van der Waals surface area contributed by atoms with Gasteiger partial charge >= 0.3 is 0 Å². The average molecular weight is 234 g/mol. The van der Waals surface area contributed by atoms with Gasteiger partial charge in [-0.05, 0) is 0 Å². The van der Waals surface area contributed by atoms with E-state index in [0.29, 0.717) is 12.8 Å². The van der Waals surface area contributed by atoms with Gasteiger partial charge in [0.15, 0.2) is 5.15 Å². The molecule has 0 aromatic carbocycles. The summed E-state index contributed by atoms with van der Waals surface area (Å²) in [6.45, 7) is 0. The summed E-state index contributed by atoms with van der Waals surface area (Å²) in [5, 5.41) is 4.76. The highest BCUT2D eigenvalue weighted by atomic mass is 35.5. The molecule has 7 heteroatoms. The van der Waals surface area contributed by atoms with Crippen LogP contribution in [-0.4, -0.2) is 17.8 Å². The molecule has 0 aliphatic rings. The van der Waals surface area contributed by atoms with Gasteiger partial charge in [0, 0.05) is 6.07 Å². The van der Waals surface area contributed by atoms with Crippen LogP contribution < -0.4 is 10.6 Å². The van der Waals surface area contributed by atoms with E-state index < -0.39 is 0 Å². The number of aromatic nitrogens is 1. The predicted octanol–water partition coefficient (Wildman–Crippen LogP) is 1.52. The smallest absolute Gasteiger partial charge is 0.211 e. The summed E-state index contributed by atoms with van der Waals surface area (Å²) in [6, 6.07) is 1.37. The molecule has 1 aromatic heterocycles. The van der Waals surface area contributed by atoms with E-state index in [1.54, 1.807) is 0 Å². The van der Waals surface area contributed by atoms with Gasteiger partial charge in [0.1, 0.15) is 10.8 Å². The van der Waals surface area contributed by atoms with Gasteiger partial charge in [-0.3, -0.25) is 9.59 Å². The van der Waals surface area contributed by atoms with E-state index in [2.05, 4.69) is 15.6 Å². The molecule has 2 N–H and O–H groups in total. The van der Waals surface area contributed by atoms with E-state index >= 15 is 0 Å². The van der Waals surface area contributed by atoms with Crippen molar-refractivity contribution in [3.63, 3.8) is 0 Å². The quantitative estimate of drug-likeness (QED) is 0.612. The van der Waals surface area contributed by atoms with E-state index in [0.717, 1.165) is 0 Å². The number of amides is 2. The molecular formula is C7H5Cl2N3O2. The first-order chi connectivity index (χ1) is 6.69. The Morgan fingerprint density at radius 3 is 2.43 bits per heavy atom. The SMILES string of the molecule is O=CNc1cc(Cl)nc(Cl)c1NC=O. The fourth-order valence-electron chi connectivity index (χ4n) is 0.858. The Labute approximate surface area is 89.4 Å². The van der Waals surface area contributed by atoms with Gasteiger partial charge in [0.25, 0.3) is 0 Å². The number of hydrogen-bond acceptors (Lipinski definition) is 3. The van der Waals surface area contributed by atoms with Gasteiger partial charge in [-0.1, -0.05) is 23.2 Å². The molecule has 0 aliphatic heterocycles. The highest BCUT2D eigenvalue weighted by molar-refractivity contribution is 6.35. The Morgan fingerprint density at radius 1 is 1.21 bits per heavy atom. The molecule has 0 unspecified atom stereocenters. The average Bonchev–Trinajstić information content (AvgIpc) is 2.11. The normalized spacial score (nSPS) is 9.29. The van der Waals surface area contributed by atoms with Gasteiger partial charge in [-0.25, -0.2) is 4.98 Å². The summed E-state index contributed by atoms with van der Waals surface area (Å²) in [7, 11) is 0. The van der Waals surface area contributed by atoms with Gasteiger partial charge in [-0.15, -0.1) is 0 Å². The lowest BCUT2D eigenvalue weighted by Gasteiger charge is -2.08.